The molecule has 0 aliphatic heterocycles. The van der Waals surface area contributed by atoms with Gasteiger partial charge in [0, 0.05) is 33.2 Å². The van der Waals surface area contributed by atoms with Gasteiger partial charge >= 0.3 is 0 Å². The van der Waals surface area contributed by atoms with Crippen molar-refractivity contribution in [3.8, 4) is 0 Å². The number of Topliss-reactive ketones (excluding diaryl/α,β-unsaturated/α-hetero) is 1. The van der Waals surface area contributed by atoms with Gasteiger partial charge in [-0.05, 0) is 5.92 Å². The number of ketones is 1. The number of carbonyl (C=O) groups excluding carboxylic acids is 1. The smallest absolute Gasteiger partial charge is 0.138 e. The van der Waals surface area contributed by atoms with Crippen LogP contribution in [0.4, 0.5) is 0 Å². The second-order valence-corrected chi connectivity index (χ2v) is 3.49. The first-order valence-electron chi connectivity index (χ1n) is 4.24. The Hall–Kier alpha value is -0.860. The summed E-state index contributed by atoms with van der Waals surface area (Å²) in [7, 11) is 3.67. The second kappa shape index (κ2) is 5.75. The zero-order valence-electron chi connectivity index (χ0n) is 8.37. The molecular weight excluding hydrogens is 152 g/mol. The number of hydrogen-bond acceptors (Lipinski definition) is 3. The van der Waals surface area contributed by atoms with E-state index in [0.717, 1.165) is 0 Å². The molecule has 0 aliphatic rings. The zero-order chi connectivity index (χ0) is 9.56. The fourth-order valence-corrected chi connectivity index (χ4v) is 0.845. The molecule has 0 saturated carbocycles. The highest BCUT2D eigenvalue weighted by atomic mass is 16.1. The van der Waals surface area contributed by atoms with Crippen LogP contribution in [0.1, 0.15) is 26.7 Å². The molecule has 0 fully saturated rings. The van der Waals surface area contributed by atoms with Crippen LogP contribution in [-0.4, -0.2) is 31.1 Å². The lowest BCUT2D eigenvalue weighted by molar-refractivity contribution is -0.118. The van der Waals surface area contributed by atoms with Gasteiger partial charge in [0.05, 0.1) is 0 Å². The third-order valence-corrected chi connectivity index (χ3v) is 1.27. The molecule has 0 bridgehead atoms. The van der Waals surface area contributed by atoms with Crippen LogP contribution in [-0.2, 0) is 4.79 Å². The van der Waals surface area contributed by atoms with Gasteiger partial charge in [-0.1, -0.05) is 13.8 Å². The third-order valence-electron chi connectivity index (χ3n) is 1.27. The van der Waals surface area contributed by atoms with Crippen LogP contribution in [0.25, 0.3) is 0 Å². The summed E-state index contributed by atoms with van der Waals surface area (Å²) in [6, 6.07) is 0. The van der Waals surface area contributed by atoms with E-state index >= 15 is 0 Å². The topological polar surface area (TPSA) is 32.7 Å². The second-order valence-electron chi connectivity index (χ2n) is 3.49. The van der Waals surface area contributed by atoms with E-state index in [4.69, 9.17) is 0 Å². The summed E-state index contributed by atoms with van der Waals surface area (Å²) in [6.07, 6.45) is 2.76. The summed E-state index contributed by atoms with van der Waals surface area (Å²) >= 11 is 0. The van der Waals surface area contributed by atoms with Gasteiger partial charge in [0.15, 0.2) is 0 Å². The van der Waals surface area contributed by atoms with Crippen molar-refractivity contribution < 1.29 is 4.79 Å². The van der Waals surface area contributed by atoms with Gasteiger partial charge in [-0.2, -0.15) is 5.10 Å². The predicted octanol–water partition coefficient (Wildman–Crippen LogP) is 1.54. The highest BCUT2D eigenvalue weighted by Gasteiger charge is 2.02. The normalized spacial score (nSPS) is 11.1. The van der Waals surface area contributed by atoms with Gasteiger partial charge in [-0.25, -0.2) is 0 Å². The van der Waals surface area contributed by atoms with Gasteiger partial charge in [-0.15, -0.1) is 0 Å². The molecule has 3 heteroatoms. The Morgan fingerprint density at radius 1 is 1.50 bits per heavy atom. The number of hydrogen-bond donors (Lipinski definition) is 0. The molecule has 0 aromatic carbocycles. The molecule has 0 rings (SSSR count). The van der Waals surface area contributed by atoms with E-state index in [1.807, 2.05) is 27.9 Å². The molecule has 0 N–H and O–H groups in total. The Labute approximate surface area is 74.4 Å². The lowest BCUT2D eigenvalue weighted by atomic mass is 10.1. The Balaban J connectivity index is 3.57. The standard InChI is InChI=1S/C9H18N2O/c1-8(2)7-9(12)5-6-10-11(3)4/h6,8H,5,7H2,1-4H3/b10-6+. The summed E-state index contributed by atoms with van der Waals surface area (Å²) in [5, 5.41) is 5.64. The molecule has 0 amide bonds. The zero-order valence-corrected chi connectivity index (χ0v) is 8.37. The van der Waals surface area contributed by atoms with Gasteiger partial charge in [0.2, 0.25) is 0 Å². The lowest BCUT2D eigenvalue weighted by Crippen LogP contribution is -2.06. The van der Waals surface area contributed by atoms with Crippen LogP contribution in [0.5, 0.6) is 0 Å². The minimum absolute atomic E-state index is 0.260. The van der Waals surface area contributed by atoms with Crippen molar-refractivity contribution in [3.05, 3.63) is 0 Å². The van der Waals surface area contributed by atoms with E-state index in [2.05, 4.69) is 5.10 Å². The third kappa shape index (κ3) is 7.25. The van der Waals surface area contributed by atoms with Gasteiger partial charge in [0.25, 0.3) is 0 Å². The summed E-state index contributed by atoms with van der Waals surface area (Å²) in [4.78, 5) is 11.1. The fraction of sp³-hybridized carbons (Fsp3) is 0.778. The van der Waals surface area contributed by atoms with E-state index in [1.54, 1.807) is 11.2 Å². The number of nitrogens with zero attached hydrogens (tertiary/aromatic N) is 2. The van der Waals surface area contributed by atoms with Crippen LogP contribution < -0.4 is 0 Å². The van der Waals surface area contributed by atoms with Gasteiger partial charge in [0.1, 0.15) is 5.78 Å². The minimum Gasteiger partial charge on any atom is -0.303 e. The SMILES string of the molecule is CC(C)CC(=O)C/C=N/N(C)C. The minimum atomic E-state index is 0.260. The van der Waals surface area contributed by atoms with E-state index in [-0.39, 0.29) is 5.78 Å². The number of carbonyl (C=O) groups is 1. The Kier molecular flexibility index (Phi) is 5.34. The molecule has 0 aliphatic carbocycles. The fourth-order valence-electron chi connectivity index (χ4n) is 0.845. The first-order valence-corrected chi connectivity index (χ1v) is 4.24. The molecule has 3 nitrogen and oxygen atoms in total. The van der Waals surface area contributed by atoms with Crippen molar-refractivity contribution in [1.29, 1.82) is 0 Å². The molecule has 0 saturated heterocycles. The highest BCUT2D eigenvalue weighted by molar-refractivity contribution is 5.91. The van der Waals surface area contributed by atoms with Gasteiger partial charge < -0.3 is 5.01 Å². The maximum Gasteiger partial charge on any atom is 0.138 e. The maximum absolute atomic E-state index is 11.1. The molecule has 0 spiro atoms. The predicted molar refractivity (Wildman–Crippen MR) is 51.3 cm³/mol. The lowest BCUT2D eigenvalue weighted by Gasteiger charge is -2.03. The molecule has 0 radical (unpaired) electrons. The summed E-state index contributed by atoms with van der Waals surface area (Å²) in [6.45, 7) is 4.09. The van der Waals surface area contributed by atoms with E-state index in [0.29, 0.717) is 18.8 Å². The highest BCUT2D eigenvalue weighted by Crippen LogP contribution is 2.01. The molecular formula is C9H18N2O. The van der Waals surface area contributed by atoms with E-state index in [9.17, 15) is 4.79 Å². The maximum atomic E-state index is 11.1. The van der Waals surface area contributed by atoms with Crippen molar-refractivity contribution in [2.75, 3.05) is 14.1 Å². The Morgan fingerprint density at radius 2 is 2.08 bits per heavy atom. The molecule has 0 unspecified atom stereocenters. The van der Waals surface area contributed by atoms with Crippen LogP contribution in [0.3, 0.4) is 0 Å². The summed E-state index contributed by atoms with van der Waals surface area (Å²) in [5.74, 6) is 0.709. The largest absolute Gasteiger partial charge is 0.303 e. The van der Waals surface area contributed by atoms with E-state index < -0.39 is 0 Å². The van der Waals surface area contributed by atoms with Crippen LogP contribution in [0.2, 0.25) is 0 Å². The molecule has 0 aromatic rings. The number of rotatable bonds is 5. The number of hydrazone groups is 1. The van der Waals surface area contributed by atoms with Gasteiger partial charge in [-0.3, -0.25) is 4.79 Å². The summed E-state index contributed by atoms with van der Waals surface area (Å²) in [5.41, 5.74) is 0. The molecule has 70 valence electrons. The van der Waals surface area contributed by atoms with Crippen LogP contribution >= 0.6 is 0 Å². The molecule has 0 heterocycles. The molecule has 12 heavy (non-hydrogen) atoms. The monoisotopic (exact) mass is 170 g/mol. The average Bonchev–Trinajstić information content (AvgIpc) is 1.84. The van der Waals surface area contributed by atoms with Crippen molar-refractivity contribution in [2.45, 2.75) is 26.7 Å². The van der Waals surface area contributed by atoms with Crippen molar-refractivity contribution >= 4 is 12.0 Å². The van der Waals surface area contributed by atoms with Crippen molar-refractivity contribution in [2.24, 2.45) is 11.0 Å². The molecule has 0 atom stereocenters. The van der Waals surface area contributed by atoms with Crippen LogP contribution in [0.15, 0.2) is 5.10 Å². The van der Waals surface area contributed by atoms with Crippen LogP contribution in [0, 0.1) is 5.92 Å². The van der Waals surface area contributed by atoms with Crippen molar-refractivity contribution in [3.63, 3.8) is 0 Å². The first kappa shape index (κ1) is 11.1. The van der Waals surface area contributed by atoms with Crippen molar-refractivity contribution in [1.82, 2.24) is 5.01 Å². The quantitative estimate of drug-likeness (QED) is 0.463. The Morgan fingerprint density at radius 3 is 2.50 bits per heavy atom. The van der Waals surface area contributed by atoms with E-state index in [1.165, 1.54) is 0 Å². The average molecular weight is 170 g/mol. The first-order chi connectivity index (χ1) is 5.52. The molecule has 0 aromatic heterocycles. The Bertz CT molecular complexity index is 162. The summed E-state index contributed by atoms with van der Waals surface area (Å²) < 4.78 is 0.